The summed E-state index contributed by atoms with van der Waals surface area (Å²) in [5.74, 6) is -0.807. The summed E-state index contributed by atoms with van der Waals surface area (Å²) >= 11 is 0. The lowest BCUT2D eigenvalue weighted by Crippen LogP contribution is -2.20. The van der Waals surface area contributed by atoms with Crippen LogP contribution in [-0.2, 0) is 20.2 Å². The molecule has 2 aliphatic carbocycles. The largest absolute Gasteiger partial charge is 0.481 e. The van der Waals surface area contributed by atoms with Crippen molar-refractivity contribution in [1.82, 2.24) is 0 Å². The maximum Gasteiger partial charge on any atom is 0.314 e. The van der Waals surface area contributed by atoms with E-state index in [0.717, 1.165) is 18.4 Å². The molecule has 102 valence electrons. The third kappa shape index (κ3) is 2.20. The van der Waals surface area contributed by atoms with Gasteiger partial charge in [-0.05, 0) is 43.4 Å². The molecule has 19 heavy (non-hydrogen) atoms. The zero-order chi connectivity index (χ0) is 13.7. The van der Waals surface area contributed by atoms with Gasteiger partial charge in [-0.1, -0.05) is 12.1 Å². The highest BCUT2D eigenvalue weighted by atomic mass is 32.2. The molecular formula is C13H15NO4S. The Bertz CT molecular complexity index is 613. The topological polar surface area (TPSA) is 83.5 Å². The number of carboxylic acid groups (broad SMARTS) is 1. The molecule has 0 atom stereocenters. The zero-order valence-corrected chi connectivity index (χ0v) is 11.1. The Hall–Kier alpha value is -1.56. The van der Waals surface area contributed by atoms with Crippen molar-refractivity contribution in [3.05, 3.63) is 29.8 Å². The Morgan fingerprint density at radius 1 is 1.21 bits per heavy atom. The molecule has 0 spiro atoms. The maximum absolute atomic E-state index is 11.8. The number of carbonyl (C=O) groups is 1. The van der Waals surface area contributed by atoms with Crippen LogP contribution in [0.15, 0.2) is 24.3 Å². The van der Waals surface area contributed by atoms with Crippen molar-refractivity contribution in [2.75, 3.05) is 4.72 Å². The van der Waals surface area contributed by atoms with Crippen LogP contribution in [0.3, 0.4) is 0 Å². The molecule has 2 N–H and O–H groups in total. The van der Waals surface area contributed by atoms with Crippen LogP contribution in [0.1, 0.15) is 31.2 Å². The van der Waals surface area contributed by atoms with Crippen molar-refractivity contribution in [3.8, 4) is 0 Å². The molecule has 5 nitrogen and oxygen atoms in total. The van der Waals surface area contributed by atoms with E-state index in [-0.39, 0.29) is 5.25 Å². The van der Waals surface area contributed by atoms with Crippen molar-refractivity contribution in [3.63, 3.8) is 0 Å². The van der Waals surface area contributed by atoms with E-state index in [9.17, 15) is 18.3 Å². The average molecular weight is 281 g/mol. The SMILES string of the molecule is O=C(O)C1(c2ccc(NS(=O)(=O)C3CC3)cc2)CC1. The fourth-order valence-corrected chi connectivity index (χ4v) is 3.62. The van der Waals surface area contributed by atoms with Crippen molar-refractivity contribution in [2.24, 2.45) is 0 Å². The summed E-state index contributed by atoms with van der Waals surface area (Å²) in [5.41, 5.74) is 0.500. The molecule has 0 aromatic heterocycles. The standard InChI is InChI=1S/C13H15NO4S/c15-12(16)13(7-8-13)9-1-3-10(4-2-9)14-19(17,18)11-5-6-11/h1-4,11,14H,5-8H2,(H,15,16). The highest BCUT2D eigenvalue weighted by Crippen LogP contribution is 2.48. The van der Waals surface area contributed by atoms with Gasteiger partial charge in [0.2, 0.25) is 10.0 Å². The number of hydrogen-bond acceptors (Lipinski definition) is 3. The molecule has 0 bridgehead atoms. The van der Waals surface area contributed by atoms with E-state index in [2.05, 4.69) is 4.72 Å². The van der Waals surface area contributed by atoms with Crippen LogP contribution < -0.4 is 4.72 Å². The van der Waals surface area contributed by atoms with E-state index < -0.39 is 21.4 Å². The van der Waals surface area contributed by atoms with Gasteiger partial charge in [-0.15, -0.1) is 0 Å². The van der Waals surface area contributed by atoms with Crippen LogP contribution >= 0.6 is 0 Å². The lowest BCUT2D eigenvalue weighted by Gasteiger charge is -2.12. The number of aliphatic carboxylic acids is 1. The minimum Gasteiger partial charge on any atom is -0.481 e. The number of anilines is 1. The first-order valence-corrected chi connectivity index (χ1v) is 7.84. The molecule has 1 aromatic carbocycles. The third-order valence-electron chi connectivity index (χ3n) is 3.82. The van der Waals surface area contributed by atoms with Crippen LogP contribution in [0.25, 0.3) is 0 Å². The number of rotatable bonds is 5. The molecule has 2 aliphatic rings. The minimum absolute atomic E-state index is 0.263. The molecule has 0 amide bonds. The van der Waals surface area contributed by atoms with Gasteiger partial charge in [0.15, 0.2) is 0 Å². The van der Waals surface area contributed by atoms with Crippen LogP contribution in [0.2, 0.25) is 0 Å². The van der Waals surface area contributed by atoms with Crippen molar-refractivity contribution >= 4 is 21.7 Å². The predicted molar refractivity (Wildman–Crippen MR) is 70.6 cm³/mol. The predicted octanol–water partition coefficient (Wildman–Crippen LogP) is 1.71. The molecule has 3 rings (SSSR count). The van der Waals surface area contributed by atoms with Gasteiger partial charge in [0.25, 0.3) is 0 Å². The van der Waals surface area contributed by atoms with E-state index in [0.29, 0.717) is 18.5 Å². The summed E-state index contributed by atoms with van der Waals surface area (Å²) < 4.78 is 26.1. The number of benzene rings is 1. The Morgan fingerprint density at radius 3 is 2.21 bits per heavy atom. The second kappa shape index (κ2) is 3.96. The Balaban J connectivity index is 1.78. The first-order valence-electron chi connectivity index (χ1n) is 6.30. The summed E-state index contributed by atoms with van der Waals surface area (Å²) in [6.07, 6.45) is 2.73. The van der Waals surface area contributed by atoms with E-state index >= 15 is 0 Å². The smallest absolute Gasteiger partial charge is 0.314 e. The minimum atomic E-state index is -3.26. The number of nitrogens with one attached hydrogen (secondary N) is 1. The highest BCUT2D eigenvalue weighted by Gasteiger charge is 2.51. The Labute approximate surface area is 111 Å². The average Bonchev–Trinajstić information content (AvgIpc) is 3.21. The first kappa shape index (κ1) is 12.5. The van der Waals surface area contributed by atoms with Gasteiger partial charge in [0.1, 0.15) is 0 Å². The number of carboxylic acids is 1. The van der Waals surface area contributed by atoms with Gasteiger partial charge in [0, 0.05) is 5.69 Å². The lowest BCUT2D eigenvalue weighted by molar-refractivity contribution is -0.140. The molecule has 0 heterocycles. The molecule has 2 fully saturated rings. The molecule has 0 unspecified atom stereocenters. The Morgan fingerprint density at radius 2 is 1.79 bits per heavy atom. The number of sulfonamides is 1. The quantitative estimate of drug-likeness (QED) is 0.860. The zero-order valence-electron chi connectivity index (χ0n) is 10.3. The van der Waals surface area contributed by atoms with Crippen LogP contribution in [0.4, 0.5) is 5.69 Å². The highest BCUT2D eigenvalue weighted by molar-refractivity contribution is 7.93. The fraction of sp³-hybridized carbons (Fsp3) is 0.462. The van der Waals surface area contributed by atoms with E-state index in [1.807, 2.05) is 0 Å². The summed E-state index contributed by atoms with van der Waals surface area (Å²) in [7, 11) is -3.26. The summed E-state index contributed by atoms with van der Waals surface area (Å²) in [4.78, 5) is 11.2. The monoisotopic (exact) mass is 281 g/mol. The summed E-state index contributed by atoms with van der Waals surface area (Å²) in [6.45, 7) is 0. The molecule has 0 aliphatic heterocycles. The van der Waals surface area contributed by atoms with Crippen LogP contribution in [0, 0.1) is 0 Å². The van der Waals surface area contributed by atoms with Gasteiger partial charge < -0.3 is 5.11 Å². The van der Waals surface area contributed by atoms with Gasteiger partial charge in [-0.2, -0.15) is 0 Å². The van der Waals surface area contributed by atoms with E-state index in [4.69, 9.17) is 0 Å². The molecule has 6 heteroatoms. The van der Waals surface area contributed by atoms with E-state index in [1.54, 1.807) is 24.3 Å². The van der Waals surface area contributed by atoms with Gasteiger partial charge >= 0.3 is 5.97 Å². The molecule has 1 aromatic rings. The Kier molecular flexibility index (Phi) is 2.60. The summed E-state index contributed by atoms with van der Waals surface area (Å²) in [5, 5.41) is 8.92. The van der Waals surface area contributed by atoms with Crippen LogP contribution in [0.5, 0.6) is 0 Å². The van der Waals surface area contributed by atoms with Gasteiger partial charge in [-0.25, -0.2) is 8.42 Å². The molecule has 0 radical (unpaired) electrons. The number of hydrogen-bond donors (Lipinski definition) is 2. The normalized spacial score (nSPS) is 20.8. The second-order valence-corrected chi connectivity index (χ2v) is 7.27. The van der Waals surface area contributed by atoms with Gasteiger partial charge in [0.05, 0.1) is 10.7 Å². The van der Waals surface area contributed by atoms with Crippen LogP contribution in [-0.4, -0.2) is 24.7 Å². The second-order valence-electron chi connectivity index (χ2n) is 5.31. The fourth-order valence-electron chi connectivity index (χ4n) is 2.23. The maximum atomic E-state index is 11.8. The third-order valence-corrected chi connectivity index (χ3v) is 5.69. The molecule has 0 saturated heterocycles. The molecular weight excluding hydrogens is 266 g/mol. The van der Waals surface area contributed by atoms with E-state index in [1.165, 1.54) is 0 Å². The lowest BCUT2D eigenvalue weighted by atomic mass is 9.96. The molecule has 2 saturated carbocycles. The first-order chi connectivity index (χ1) is 8.94. The van der Waals surface area contributed by atoms with Crippen molar-refractivity contribution in [2.45, 2.75) is 36.3 Å². The van der Waals surface area contributed by atoms with Crippen molar-refractivity contribution < 1.29 is 18.3 Å². The summed E-state index contributed by atoms with van der Waals surface area (Å²) in [6, 6.07) is 6.67. The van der Waals surface area contributed by atoms with Crippen molar-refractivity contribution in [1.29, 1.82) is 0 Å². The van der Waals surface area contributed by atoms with Gasteiger partial charge in [-0.3, -0.25) is 9.52 Å².